The molecule has 0 heterocycles. The Hall–Kier alpha value is -0.570. The summed E-state index contributed by atoms with van der Waals surface area (Å²) in [6.07, 6.45) is 2.37. The maximum Gasteiger partial charge on any atom is 0.235 e. The van der Waals surface area contributed by atoms with Crippen molar-refractivity contribution in [3.63, 3.8) is 0 Å². The molecule has 0 aromatic heterocycles. The standard InChI is InChI=1S/C8H17N2O/c1-8(2,3)6-4-5-7(11)10-9/h9H,4-6H2,1-3H3,(H,10,11). The molecule has 3 nitrogen and oxygen atoms in total. The van der Waals surface area contributed by atoms with Crippen LogP contribution in [0.2, 0.25) is 0 Å². The van der Waals surface area contributed by atoms with Crippen LogP contribution in [0.25, 0.3) is 0 Å². The third-order valence-electron chi connectivity index (χ3n) is 1.47. The average Bonchev–Trinajstić information content (AvgIpc) is 1.85. The van der Waals surface area contributed by atoms with Crippen LogP contribution >= 0.6 is 0 Å². The zero-order valence-electron chi connectivity index (χ0n) is 7.53. The molecule has 1 radical (unpaired) electrons. The molecule has 0 saturated heterocycles. The first-order chi connectivity index (χ1) is 4.95. The van der Waals surface area contributed by atoms with E-state index in [-0.39, 0.29) is 5.91 Å². The lowest BCUT2D eigenvalue weighted by Gasteiger charge is -2.16. The Labute approximate surface area is 68.3 Å². The van der Waals surface area contributed by atoms with Crippen molar-refractivity contribution in [3.05, 3.63) is 0 Å². The molecule has 0 aliphatic carbocycles. The summed E-state index contributed by atoms with van der Waals surface area (Å²) in [5.74, 6) is 6.36. The second kappa shape index (κ2) is 4.34. The van der Waals surface area contributed by atoms with Crippen molar-refractivity contribution in [2.75, 3.05) is 0 Å². The van der Waals surface area contributed by atoms with Crippen LogP contribution in [-0.2, 0) is 4.79 Å². The van der Waals surface area contributed by atoms with Gasteiger partial charge in [-0.3, -0.25) is 10.2 Å². The highest BCUT2D eigenvalue weighted by atomic mass is 16.2. The van der Waals surface area contributed by atoms with Gasteiger partial charge in [0.15, 0.2) is 0 Å². The number of carbonyl (C=O) groups excluding carboxylic acids is 1. The summed E-state index contributed by atoms with van der Waals surface area (Å²) in [6.45, 7) is 6.43. The average molecular weight is 157 g/mol. The van der Waals surface area contributed by atoms with E-state index in [0.29, 0.717) is 11.8 Å². The van der Waals surface area contributed by atoms with E-state index in [1.54, 1.807) is 0 Å². The van der Waals surface area contributed by atoms with E-state index in [1.165, 1.54) is 0 Å². The molecule has 65 valence electrons. The van der Waals surface area contributed by atoms with Crippen molar-refractivity contribution in [1.29, 1.82) is 0 Å². The fourth-order valence-electron chi connectivity index (χ4n) is 0.842. The van der Waals surface area contributed by atoms with Gasteiger partial charge in [0.2, 0.25) is 5.91 Å². The van der Waals surface area contributed by atoms with Crippen molar-refractivity contribution < 1.29 is 4.79 Å². The molecule has 0 aromatic carbocycles. The summed E-state index contributed by atoms with van der Waals surface area (Å²) in [5.41, 5.74) is 2.16. The molecule has 0 aromatic rings. The van der Waals surface area contributed by atoms with Gasteiger partial charge in [-0.25, -0.2) is 0 Å². The molecule has 0 saturated carbocycles. The maximum absolute atomic E-state index is 10.6. The van der Waals surface area contributed by atoms with Crippen LogP contribution in [0.5, 0.6) is 0 Å². The van der Waals surface area contributed by atoms with E-state index in [0.717, 1.165) is 12.8 Å². The Kier molecular flexibility index (Phi) is 4.11. The Morgan fingerprint density at radius 2 is 2.00 bits per heavy atom. The Bertz CT molecular complexity index is 127. The number of nitrogens with one attached hydrogen (secondary N) is 2. The third-order valence-corrected chi connectivity index (χ3v) is 1.47. The monoisotopic (exact) mass is 157 g/mol. The van der Waals surface area contributed by atoms with Crippen molar-refractivity contribution >= 4 is 5.91 Å². The lowest BCUT2D eigenvalue weighted by molar-refractivity contribution is -0.121. The van der Waals surface area contributed by atoms with Crippen molar-refractivity contribution in [3.8, 4) is 0 Å². The zero-order valence-corrected chi connectivity index (χ0v) is 7.53. The fourth-order valence-corrected chi connectivity index (χ4v) is 0.842. The normalized spacial score (nSPS) is 11.3. The highest BCUT2D eigenvalue weighted by Gasteiger charge is 2.10. The number of amides is 1. The minimum Gasteiger partial charge on any atom is -0.277 e. The number of rotatable bonds is 3. The molecule has 2 N–H and O–H groups in total. The summed E-state index contributed by atoms with van der Waals surface area (Å²) in [5, 5.41) is 0. The summed E-state index contributed by atoms with van der Waals surface area (Å²) < 4.78 is 0. The molecule has 0 aliphatic heterocycles. The van der Waals surface area contributed by atoms with Crippen LogP contribution in [0.1, 0.15) is 40.0 Å². The quantitative estimate of drug-likeness (QED) is 0.620. The van der Waals surface area contributed by atoms with Gasteiger partial charge < -0.3 is 0 Å². The van der Waals surface area contributed by atoms with Gasteiger partial charge in [0.25, 0.3) is 0 Å². The van der Waals surface area contributed by atoms with E-state index in [9.17, 15) is 4.79 Å². The smallest absolute Gasteiger partial charge is 0.235 e. The lowest BCUT2D eigenvalue weighted by Crippen LogP contribution is -2.20. The van der Waals surface area contributed by atoms with Gasteiger partial charge >= 0.3 is 0 Å². The van der Waals surface area contributed by atoms with Gasteiger partial charge in [-0.05, 0) is 18.3 Å². The van der Waals surface area contributed by atoms with E-state index >= 15 is 0 Å². The molecule has 0 spiro atoms. The summed E-state index contributed by atoms with van der Waals surface area (Å²) in [6, 6.07) is 0. The van der Waals surface area contributed by atoms with E-state index < -0.39 is 0 Å². The first-order valence-electron chi connectivity index (χ1n) is 3.91. The molecule has 0 unspecified atom stereocenters. The molecule has 0 bridgehead atoms. The van der Waals surface area contributed by atoms with Gasteiger partial charge in [-0.15, -0.1) is 0 Å². The fraction of sp³-hybridized carbons (Fsp3) is 0.875. The SMILES string of the molecule is CC(C)(C)CCCC(=O)N[NH]. The van der Waals surface area contributed by atoms with Gasteiger partial charge in [-0.1, -0.05) is 20.8 Å². The van der Waals surface area contributed by atoms with Crippen molar-refractivity contribution in [2.24, 2.45) is 5.41 Å². The van der Waals surface area contributed by atoms with Crippen LogP contribution in [0, 0.1) is 5.41 Å². The molecule has 0 fully saturated rings. The third kappa shape index (κ3) is 7.33. The lowest BCUT2D eigenvalue weighted by atomic mass is 9.90. The molecular formula is C8H17N2O. The highest BCUT2D eigenvalue weighted by Crippen LogP contribution is 2.21. The highest BCUT2D eigenvalue weighted by molar-refractivity contribution is 5.74. The summed E-state index contributed by atoms with van der Waals surface area (Å²) >= 11 is 0. The summed E-state index contributed by atoms with van der Waals surface area (Å²) in [4.78, 5) is 10.6. The van der Waals surface area contributed by atoms with Gasteiger partial charge in [0.05, 0.1) is 0 Å². The van der Waals surface area contributed by atoms with Crippen molar-refractivity contribution in [1.82, 2.24) is 11.3 Å². The Morgan fingerprint density at radius 3 is 2.36 bits per heavy atom. The van der Waals surface area contributed by atoms with E-state index in [2.05, 4.69) is 20.8 Å². The van der Waals surface area contributed by atoms with Gasteiger partial charge in [0, 0.05) is 6.42 Å². The van der Waals surface area contributed by atoms with Crippen LogP contribution in [0.15, 0.2) is 0 Å². The molecule has 0 atom stereocenters. The second-order valence-electron chi connectivity index (χ2n) is 3.96. The minimum absolute atomic E-state index is 0.186. The first kappa shape index (κ1) is 10.4. The minimum atomic E-state index is -0.186. The zero-order chi connectivity index (χ0) is 8.91. The maximum atomic E-state index is 10.6. The molecule has 3 heteroatoms. The molecule has 1 amide bonds. The predicted molar refractivity (Wildman–Crippen MR) is 44.5 cm³/mol. The van der Waals surface area contributed by atoms with E-state index in [1.807, 2.05) is 5.43 Å². The van der Waals surface area contributed by atoms with Gasteiger partial charge in [0.1, 0.15) is 0 Å². The molecule has 0 rings (SSSR count). The van der Waals surface area contributed by atoms with Crippen molar-refractivity contribution in [2.45, 2.75) is 40.0 Å². The first-order valence-corrected chi connectivity index (χ1v) is 3.91. The number of hydrogen-bond donors (Lipinski definition) is 1. The Morgan fingerprint density at radius 1 is 1.45 bits per heavy atom. The molecular weight excluding hydrogens is 140 g/mol. The van der Waals surface area contributed by atoms with Gasteiger partial charge in [-0.2, -0.15) is 5.84 Å². The number of carbonyl (C=O) groups is 1. The Balaban J connectivity index is 3.35. The molecule has 0 aliphatic rings. The largest absolute Gasteiger partial charge is 0.277 e. The van der Waals surface area contributed by atoms with Crippen LogP contribution in [0.4, 0.5) is 0 Å². The predicted octanol–water partition coefficient (Wildman–Crippen LogP) is 1.52. The summed E-state index contributed by atoms with van der Waals surface area (Å²) in [7, 11) is 0. The van der Waals surface area contributed by atoms with Crippen LogP contribution in [-0.4, -0.2) is 5.91 Å². The van der Waals surface area contributed by atoms with E-state index in [4.69, 9.17) is 5.84 Å². The second-order valence-corrected chi connectivity index (χ2v) is 3.96. The topological polar surface area (TPSA) is 52.9 Å². The van der Waals surface area contributed by atoms with Crippen LogP contribution in [0.3, 0.4) is 0 Å². The molecule has 11 heavy (non-hydrogen) atoms. The number of hydrogen-bond acceptors (Lipinski definition) is 1. The van der Waals surface area contributed by atoms with Crippen LogP contribution < -0.4 is 11.3 Å².